The molecule has 0 saturated carbocycles. The number of aliphatic imine (C=N–C) groups is 1. The second-order valence-electron chi connectivity index (χ2n) is 10.0. The van der Waals surface area contributed by atoms with Gasteiger partial charge >= 0.3 is 0 Å². The summed E-state index contributed by atoms with van der Waals surface area (Å²) in [5, 5.41) is 2.20. The maximum Gasteiger partial charge on any atom is 0.0903 e. The van der Waals surface area contributed by atoms with Gasteiger partial charge in [-0.25, -0.2) is 4.98 Å². The van der Waals surface area contributed by atoms with Gasteiger partial charge in [0.15, 0.2) is 0 Å². The van der Waals surface area contributed by atoms with Crippen molar-refractivity contribution < 1.29 is 0 Å². The van der Waals surface area contributed by atoms with Crippen molar-refractivity contribution in [1.82, 2.24) is 4.98 Å². The van der Waals surface area contributed by atoms with Crippen LogP contribution < -0.4 is 5.73 Å². The summed E-state index contributed by atoms with van der Waals surface area (Å²) in [6.07, 6.45) is 2.03. The average molecular weight is 546 g/mol. The van der Waals surface area contributed by atoms with Crippen molar-refractivity contribution in [3.63, 3.8) is 0 Å². The lowest BCUT2D eigenvalue weighted by Crippen LogP contribution is -2.05. The number of hydrogen-bond donors (Lipinski definition) is 1. The summed E-state index contributed by atoms with van der Waals surface area (Å²) in [6, 6.07) is 46.0. The zero-order valence-corrected chi connectivity index (χ0v) is 23.2. The SMILES string of the molecule is N/C(=C\C(=NCc1ccccc1)c1ccc(-c2ccccc2)cc1)c1c2ccccc2nc2c1sc1ccccc12. The lowest BCUT2D eigenvalue weighted by atomic mass is 9.99. The molecule has 7 aromatic rings. The molecular weight excluding hydrogens is 518 g/mol. The van der Waals surface area contributed by atoms with Crippen LogP contribution in [0.3, 0.4) is 0 Å². The summed E-state index contributed by atoms with van der Waals surface area (Å²) in [5.41, 5.74) is 16.0. The maximum absolute atomic E-state index is 7.04. The van der Waals surface area contributed by atoms with Crippen molar-refractivity contribution in [3.8, 4) is 11.1 Å². The zero-order chi connectivity index (χ0) is 27.6. The molecule has 0 spiro atoms. The lowest BCUT2D eigenvalue weighted by Gasteiger charge is -2.11. The van der Waals surface area contributed by atoms with Gasteiger partial charge in [-0.1, -0.05) is 121 Å². The first-order valence-electron chi connectivity index (χ1n) is 13.7. The van der Waals surface area contributed by atoms with Gasteiger partial charge in [-0.15, -0.1) is 11.3 Å². The number of pyridine rings is 1. The number of nitrogens with two attached hydrogens (primary N) is 1. The normalized spacial score (nSPS) is 12.4. The van der Waals surface area contributed by atoms with Gasteiger partial charge in [-0.05, 0) is 40.5 Å². The van der Waals surface area contributed by atoms with E-state index in [2.05, 4.69) is 97.1 Å². The Bertz CT molecular complexity index is 2060. The molecule has 0 atom stereocenters. The van der Waals surface area contributed by atoms with Crippen LogP contribution in [0.2, 0.25) is 0 Å². The Morgan fingerprint density at radius 2 is 1.32 bits per heavy atom. The number of thiophene rings is 1. The number of para-hydroxylation sites is 1. The van der Waals surface area contributed by atoms with Crippen LogP contribution in [0.1, 0.15) is 16.7 Å². The van der Waals surface area contributed by atoms with Crippen LogP contribution >= 0.6 is 11.3 Å². The zero-order valence-electron chi connectivity index (χ0n) is 22.4. The molecule has 2 N–H and O–H groups in total. The highest BCUT2D eigenvalue weighted by molar-refractivity contribution is 7.26. The Hall–Kier alpha value is -5.06. The number of rotatable bonds is 6. The fourth-order valence-corrected chi connectivity index (χ4v) is 6.51. The molecule has 0 radical (unpaired) electrons. The molecule has 4 heteroatoms. The molecule has 7 rings (SSSR count). The molecule has 5 aromatic carbocycles. The number of aromatic nitrogens is 1. The minimum absolute atomic E-state index is 0.565. The Balaban J connectivity index is 1.39. The number of hydrogen-bond acceptors (Lipinski definition) is 4. The quantitative estimate of drug-likeness (QED) is 0.212. The van der Waals surface area contributed by atoms with Crippen molar-refractivity contribution in [2.45, 2.75) is 6.54 Å². The Kier molecular flexibility index (Phi) is 6.59. The molecule has 0 unspecified atom stereocenters. The van der Waals surface area contributed by atoms with Gasteiger partial charge in [0.25, 0.3) is 0 Å². The molecule has 0 aliphatic heterocycles. The number of fused-ring (bicyclic) bond motifs is 4. The fraction of sp³-hybridized carbons (Fsp3) is 0.0270. The highest BCUT2D eigenvalue weighted by Crippen LogP contribution is 2.39. The van der Waals surface area contributed by atoms with Crippen LogP contribution in [-0.4, -0.2) is 10.7 Å². The Morgan fingerprint density at radius 3 is 2.10 bits per heavy atom. The van der Waals surface area contributed by atoms with Crippen LogP contribution in [0.15, 0.2) is 145 Å². The van der Waals surface area contributed by atoms with Crippen LogP contribution in [0.4, 0.5) is 0 Å². The third-order valence-corrected chi connectivity index (χ3v) is 8.52. The van der Waals surface area contributed by atoms with E-state index in [4.69, 9.17) is 15.7 Å². The molecule has 0 amide bonds. The first kappa shape index (κ1) is 24.9. The molecule has 0 saturated heterocycles. The predicted octanol–water partition coefficient (Wildman–Crippen LogP) is 9.26. The monoisotopic (exact) mass is 545 g/mol. The van der Waals surface area contributed by atoms with E-state index < -0.39 is 0 Å². The lowest BCUT2D eigenvalue weighted by molar-refractivity contribution is 1.07. The summed E-state index contributed by atoms with van der Waals surface area (Å²) in [6.45, 7) is 0.565. The standard InChI is InChI=1S/C37H27N3S/c38-31(35-29-15-7-9-17-32(29)40-36-30-16-8-10-18-34(30)41-37(35)36)23-33(39-24-25-11-3-1-4-12-25)28-21-19-27(20-22-28)26-13-5-2-6-14-26/h1-23H,24,38H2/b31-23-,39-33?. The van der Waals surface area contributed by atoms with E-state index in [0.717, 1.165) is 48.9 Å². The van der Waals surface area contributed by atoms with Crippen molar-refractivity contribution in [1.29, 1.82) is 0 Å². The number of nitrogens with zero attached hydrogens (tertiary/aromatic N) is 2. The van der Waals surface area contributed by atoms with Crippen molar-refractivity contribution in [2.24, 2.45) is 10.7 Å². The fourth-order valence-electron chi connectivity index (χ4n) is 5.29. The van der Waals surface area contributed by atoms with Gasteiger partial charge in [0.1, 0.15) is 0 Å². The second kappa shape index (κ2) is 10.8. The predicted molar refractivity (Wildman–Crippen MR) is 175 cm³/mol. The van der Waals surface area contributed by atoms with E-state index in [1.54, 1.807) is 11.3 Å². The van der Waals surface area contributed by atoms with Gasteiger partial charge in [-0.3, -0.25) is 4.99 Å². The van der Waals surface area contributed by atoms with Crippen molar-refractivity contribution in [2.75, 3.05) is 0 Å². The van der Waals surface area contributed by atoms with E-state index in [0.29, 0.717) is 12.2 Å². The summed E-state index contributed by atoms with van der Waals surface area (Å²) < 4.78 is 2.30. The molecular formula is C37H27N3S. The van der Waals surface area contributed by atoms with E-state index in [-0.39, 0.29) is 0 Å². The summed E-state index contributed by atoms with van der Waals surface area (Å²) in [4.78, 5) is 10.1. The third kappa shape index (κ3) is 4.90. The van der Waals surface area contributed by atoms with Crippen molar-refractivity contribution >= 4 is 54.0 Å². The number of benzene rings is 5. The smallest absolute Gasteiger partial charge is 0.0903 e. The minimum Gasteiger partial charge on any atom is -0.398 e. The molecule has 41 heavy (non-hydrogen) atoms. The molecule has 2 heterocycles. The van der Waals surface area contributed by atoms with E-state index in [1.807, 2.05) is 42.5 Å². The van der Waals surface area contributed by atoms with Crippen LogP contribution in [0.25, 0.3) is 48.0 Å². The summed E-state index contributed by atoms with van der Waals surface area (Å²) >= 11 is 1.74. The molecule has 196 valence electrons. The summed E-state index contributed by atoms with van der Waals surface area (Å²) in [7, 11) is 0. The third-order valence-electron chi connectivity index (χ3n) is 7.35. The molecule has 0 aliphatic carbocycles. The maximum atomic E-state index is 7.04. The second-order valence-corrected chi connectivity index (χ2v) is 11.1. The van der Waals surface area contributed by atoms with Gasteiger partial charge in [0.2, 0.25) is 0 Å². The first-order valence-corrected chi connectivity index (χ1v) is 14.5. The minimum atomic E-state index is 0.565. The summed E-state index contributed by atoms with van der Waals surface area (Å²) in [5.74, 6) is 0. The van der Waals surface area contributed by atoms with Crippen molar-refractivity contribution in [3.05, 3.63) is 156 Å². The topological polar surface area (TPSA) is 51.3 Å². The Labute approximate surface area is 243 Å². The first-order chi connectivity index (χ1) is 20.2. The van der Waals surface area contributed by atoms with Crippen LogP contribution in [-0.2, 0) is 6.54 Å². The van der Waals surface area contributed by atoms with Gasteiger partial charge in [0.05, 0.1) is 28.0 Å². The largest absolute Gasteiger partial charge is 0.398 e. The number of allylic oxidation sites excluding steroid dienone is 1. The van der Waals surface area contributed by atoms with Crippen LogP contribution in [0, 0.1) is 0 Å². The molecule has 3 nitrogen and oxygen atoms in total. The van der Waals surface area contributed by atoms with Gasteiger partial charge in [-0.2, -0.15) is 0 Å². The molecule has 0 fully saturated rings. The average Bonchev–Trinajstić information content (AvgIpc) is 3.40. The molecule has 0 aliphatic rings. The van der Waals surface area contributed by atoms with Gasteiger partial charge < -0.3 is 5.73 Å². The van der Waals surface area contributed by atoms with E-state index in [1.165, 1.54) is 15.8 Å². The highest BCUT2D eigenvalue weighted by atomic mass is 32.1. The van der Waals surface area contributed by atoms with Gasteiger partial charge in [0, 0.05) is 26.7 Å². The van der Waals surface area contributed by atoms with E-state index in [9.17, 15) is 0 Å². The van der Waals surface area contributed by atoms with E-state index >= 15 is 0 Å². The highest BCUT2D eigenvalue weighted by Gasteiger charge is 2.17. The Morgan fingerprint density at radius 1 is 0.683 bits per heavy atom. The molecule has 0 bridgehead atoms. The molecule has 2 aromatic heterocycles. The van der Waals surface area contributed by atoms with Crippen LogP contribution in [0.5, 0.6) is 0 Å².